The van der Waals surface area contributed by atoms with E-state index in [4.69, 9.17) is 5.11 Å². The number of nitrogens with zero attached hydrogens (tertiary/aromatic N) is 1. The van der Waals surface area contributed by atoms with Crippen molar-refractivity contribution >= 4 is 17.7 Å². The van der Waals surface area contributed by atoms with Crippen molar-refractivity contribution in [2.45, 2.75) is 10.9 Å². The van der Waals surface area contributed by atoms with E-state index < -0.39 is 17.6 Å². The number of carbonyl (C=O) groups is 1. The van der Waals surface area contributed by atoms with Gasteiger partial charge < -0.3 is 5.11 Å². The molecule has 6 heteroatoms. The number of carboxylic acid groups (broad SMARTS) is 1. The molecule has 0 radical (unpaired) electrons. The van der Waals surface area contributed by atoms with Gasteiger partial charge in [-0.15, -0.1) is 0 Å². The summed E-state index contributed by atoms with van der Waals surface area (Å²) >= 11 is 0.735. The first-order valence-corrected chi connectivity index (χ1v) is 6.74. The standard InChI is InChI=1S/C14H11F2NO2S/c15-14(16,10-5-2-1-3-6-10)9-20-12-11(13(18)19)7-4-8-17-12/h1-8H,9H2,(H,18,19). The first-order valence-electron chi connectivity index (χ1n) is 5.75. The Hall–Kier alpha value is -1.95. The molecule has 2 rings (SSSR count). The van der Waals surface area contributed by atoms with Crippen LogP contribution in [0.15, 0.2) is 53.7 Å². The van der Waals surface area contributed by atoms with E-state index in [1.54, 1.807) is 6.07 Å². The molecule has 1 aromatic carbocycles. The molecule has 20 heavy (non-hydrogen) atoms. The molecule has 0 aliphatic rings. The summed E-state index contributed by atoms with van der Waals surface area (Å²) in [5, 5.41) is 9.06. The Morgan fingerprint density at radius 3 is 2.55 bits per heavy atom. The largest absolute Gasteiger partial charge is 0.478 e. The van der Waals surface area contributed by atoms with E-state index in [2.05, 4.69) is 4.98 Å². The number of carboxylic acids is 1. The molecule has 2 aromatic rings. The van der Waals surface area contributed by atoms with Gasteiger partial charge in [0.05, 0.1) is 11.3 Å². The number of rotatable bonds is 5. The minimum atomic E-state index is -3.04. The molecule has 0 saturated heterocycles. The summed E-state index contributed by atoms with van der Waals surface area (Å²) in [6.45, 7) is 0. The zero-order chi connectivity index (χ0) is 14.6. The number of thioether (sulfide) groups is 1. The average molecular weight is 295 g/mol. The predicted molar refractivity (Wildman–Crippen MR) is 72.3 cm³/mol. The molecule has 0 aliphatic carbocycles. The van der Waals surface area contributed by atoms with Crippen LogP contribution < -0.4 is 0 Å². The molecular formula is C14H11F2NO2S. The summed E-state index contributed by atoms with van der Waals surface area (Å²) < 4.78 is 28.0. The first-order chi connectivity index (χ1) is 9.50. The second kappa shape index (κ2) is 6.00. The summed E-state index contributed by atoms with van der Waals surface area (Å²) in [7, 11) is 0. The molecule has 0 atom stereocenters. The number of hydrogen-bond donors (Lipinski definition) is 1. The number of halogens is 2. The van der Waals surface area contributed by atoms with Crippen LogP contribution >= 0.6 is 11.8 Å². The van der Waals surface area contributed by atoms with Crippen molar-refractivity contribution < 1.29 is 18.7 Å². The SMILES string of the molecule is O=C(O)c1cccnc1SCC(F)(F)c1ccccc1. The van der Waals surface area contributed by atoms with Gasteiger partial charge in [-0.3, -0.25) is 0 Å². The van der Waals surface area contributed by atoms with Gasteiger partial charge in [-0.05, 0) is 12.1 Å². The third-order valence-corrected chi connectivity index (χ3v) is 3.69. The van der Waals surface area contributed by atoms with Crippen LogP contribution in [-0.2, 0) is 5.92 Å². The Bertz CT molecular complexity index is 605. The lowest BCUT2D eigenvalue weighted by molar-refractivity contribution is 0.0231. The fourth-order valence-corrected chi connectivity index (χ4v) is 2.52. The summed E-state index contributed by atoms with van der Waals surface area (Å²) in [6.07, 6.45) is 1.38. The maximum absolute atomic E-state index is 14.0. The van der Waals surface area contributed by atoms with E-state index in [9.17, 15) is 13.6 Å². The summed E-state index contributed by atoms with van der Waals surface area (Å²) in [5.74, 6) is -4.78. The number of benzene rings is 1. The normalized spacial score (nSPS) is 11.3. The number of aromatic nitrogens is 1. The summed E-state index contributed by atoms with van der Waals surface area (Å²) in [4.78, 5) is 14.8. The van der Waals surface area contributed by atoms with Crippen LogP contribution in [-0.4, -0.2) is 21.8 Å². The zero-order valence-electron chi connectivity index (χ0n) is 10.3. The van der Waals surface area contributed by atoms with Gasteiger partial charge >= 0.3 is 5.97 Å². The highest BCUT2D eigenvalue weighted by atomic mass is 32.2. The van der Waals surface area contributed by atoms with Crippen molar-refractivity contribution in [3.8, 4) is 0 Å². The van der Waals surface area contributed by atoms with E-state index in [1.807, 2.05) is 0 Å². The highest BCUT2D eigenvalue weighted by molar-refractivity contribution is 7.99. The van der Waals surface area contributed by atoms with Crippen LogP contribution in [0.25, 0.3) is 0 Å². The Kier molecular flexibility index (Phi) is 4.34. The van der Waals surface area contributed by atoms with E-state index in [0.717, 1.165) is 11.8 Å². The van der Waals surface area contributed by atoms with Crippen molar-refractivity contribution in [1.29, 1.82) is 0 Å². The Morgan fingerprint density at radius 1 is 1.20 bits per heavy atom. The lowest BCUT2D eigenvalue weighted by Crippen LogP contribution is -2.17. The van der Waals surface area contributed by atoms with Crippen LogP contribution in [0.4, 0.5) is 8.78 Å². The fourth-order valence-electron chi connectivity index (χ4n) is 1.59. The average Bonchev–Trinajstić information content (AvgIpc) is 2.46. The topological polar surface area (TPSA) is 50.2 Å². The van der Waals surface area contributed by atoms with Crippen LogP contribution in [0.3, 0.4) is 0 Å². The maximum atomic E-state index is 14.0. The van der Waals surface area contributed by atoms with Crippen LogP contribution in [0, 0.1) is 0 Å². The van der Waals surface area contributed by atoms with Gasteiger partial charge in [0.2, 0.25) is 0 Å². The summed E-state index contributed by atoms with van der Waals surface area (Å²) in [6, 6.07) is 10.2. The van der Waals surface area contributed by atoms with Crippen LogP contribution in [0.1, 0.15) is 15.9 Å². The number of pyridine rings is 1. The van der Waals surface area contributed by atoms with Gasteiger partial charge in [0.1, 0.15) is 5.03 Å². The lowest BCUT2D eigenvalue weighted by atomic mass is 10.1. The predicted octanol–water partition coefficient (Wildman–Crippen LogP) is 3.66. The van der Waals surface area contributed by atoms with Gasteiger partial charge in [-0.25, -0.2) is 18.6 Å². The van der Waals surface area contributed by atoms with Crippen molar-refractivity contribution in [2.75, 3.05) is 5.75 Å². The molecule has 0 amide bonds. The molecule has 0 bridgehead atoms. The van der Waals surface area contributed by atoms with Gasteiger partial charge in [-0.1, -0.05) is 42.1 Å². The Labute approximate surface area is 118 Å². The van der Waals surface area contributed by atoms with Gasteiger partial charge in [-0.2, -0.15) is 0 Å². The minimum Gasteiger partial charge on any atom is -0.478 e. The molecule has 104 valence electrons. The minimum absolute atomic E-state index is 0.0682. The van der Waals surface area contributed by atoms with Gasteiger partial charge in [0.15, 0.2) is 0 Å². The first kappa shape index (κ1) is 14.5. The second-order valence-corrected chi connectivity index (χ2v) is 4.98. The number of hydrogen-bond acceptors (Lipinski definition) is 3. The van der Waals surface area contributed by atoms with E-state index >= 15 is 0 Å². The van der Waals surface area contributed by atoms with E-state index in [1.165, 1.54) is 42.6 Å². The highest BCUT2D eigenvalue weighted by Crippen LogP contribution is 2.34. The highest BCUT2D eigenvalue weighted by Gasteiger charge is 2.32. The van der Waals surface area contributed by atoms with Crippen molar-refractivity contribution in [3.05, 3.63) is 59.8 Å². The molecule has 3 nitrogen and oxygen atoms in total. The molecule has 1 aromatic heterocycles. The molecule has 1 heterocycles. The Balaban J connectivity index is 2.15. The third kappa shape index (κ3) is 3.33. The van der Waals surface area contributed by atoms with Crippen molar-refractivity contribution in [3.63, 3.8) is 0 Å². The monoisotopic (exact) mass is 295 g/mol. The van der Waals surface area contributed by atoms with E-state index in [-0.39, 0.29) is 16.2 Å². The lowest BCUT2D eigenvalue weighted by Gasteiger charge is -2.16. The quantitative estimate of drug-likeness (QED) is 0.855. The van der Waals surface area contributed by atoms with Gasteiger partial charge in [0.25, 0.3) is 5.92 Å². The molecular weight excluding hydrogens is 284 g/mol. The molecule has 0 saturated carbocycles. The molecule has 0 unspecified atom stereocenters. The molecule has 1 N–H and O–H groups in total. The Morgan fingerprint density at radius 2 is 1.90 bits per heavy atom. The third-order valence-electron chi connectivity index (χ3n) is 2.59. The van der Waals surface area contributed by atoms with Crippen molar-refractivity contribution in [1.82, 2.24) is 4.98 Å². The smallest absolute Gasteiger partial charge is 0.338 e. The summed E-state index contributed by atoms with van der Waals surface area (Å²) in [5.41, 5.74) is -0.165. The molecule has 0 aliphatic heterocycles. The van der Waals surface area contributed by atoms with Crippen LogP contribution in [0.2, 0.25) is 0 Å². The molecule has 0 spiro atoms. The molecule has 0 fully saturated rings. The number of alkyl halides is 2. The fraction of sp³-hybridized carbons (Fsp3) is 0.143. The van der Waals surface area contributed by atoms with Crippen molar-refractivity contribution in [2.24, 2.45) is 0 Å². The van der Waals surface area contributed by atoms with Gasteiger partial charge in [0, 0.05) is 11.8 Å². The van der Waals surface area contributed by atoms with E-state index in [0.29, 0.717) is 0 Å². The second-order valence-electron chi connectivity index (χ2n) is 4.02. The number of aromatic carboxylic acids is 1. The maximum Gasteiger partial charge on any atom is 0.338 e. The van der Waals surface area contributed by atoms with Crippen LogP contribution in [0.5, 0.6) is 0 Å². The zero-order valence-corrected chi connectivity index (χ0v) is 11.1.